The van der Waals surface area contributed by atoms with Crippen molar-refractivity contribution in [3.8, 4) is 0 Å². The highest BCUT2D eigenvalue weighted by Gasteiger charge is 2.44. The molecule has 4 heteroatoms. The molecular weight excluding hydrogens is 246 g/mol. The maximum atomic E-state index is 9.84. The first-order valence-corrected chi connectivity index (χ1v) is 8.41. The summed E-state index contributed by atoms with van der Waals surface area (Å²) in [4.78, 5) is 0. The Labute approximate surface area is 115 Å². The van der Waals surface area contributed by atoms with Gasteiger partial charge in [-0.2, -0.15) is 11.8 Å². The lowest BCUT2D eigenvalue weighted by Crippen LogP contribution is -2.53. The third-order valence-electron chi connectivity index (χ3n) is 4.11. The highest BCUT2D eigenvalue weighted by molar-refractivity contribution is 8.00. The van der Waals surface area contributed by atoms with Crippen LogP contribution in [-0.2, 0) is 4.74 Å². The van der Waals surface area contributed by atoms with Gasteiger partial charge in [0.05, 0.1) is 12.1 Å². The fraction of sp³-hybridized carbons (Fsp3) is 1.00. The Hall–Kier alpha value is 0.230. The fourth-order valence-corrected chi connectivity index (χ4v) is 4.15. The van der Waals surface area contributed by atoms with Crippen LogP contribution in [0.15, 0.2) is 0 Å². The Balaban J connectivity index is 1.83. The molecular formula is C14H27NO2S. The van der Waals surface area contributed by atoms with Gasteiger partial charge in [0.15, 0.2) is 0 Å². The van der Waals surface area contributed by atoms with Gasteiger partial charge in [-0.15, -0.1) is 0 Å². The van der Waals surface area contributed by atoms with E-state index < -0.39 is 0 Å². The van der Waals surface area contributed by atoms with Crippen molar-refractivity contribution in [1.29, 1.82) is 0 Å². The van der Waals surface area contributed by atoms with Crippen LogP contribution < -0.4 is 5.32 Å². The van der Waals surface area contributed by atoms with Crippen LogP contribution in [0.4, 0.5) is 0 Å². The van der Waals surface area contributed by atoms with Gasteiger partial charge in [-0.3, -0.25) is 0 Å². The van der Waals surface area contributed by atoms with Crippen molar-refractivity contribution < 1.29 is 9.84 Å². The molecule has 1 atom stereocenters. The lowest BCUT2D eigenvalue weighted by atomic mass is 9.96. The summed E-state index contributed by atoms with van der Waals surface area (Å²) in [6, 6.07) is 0. The Bertz CT molecular complexity index is 242. The van der Waals surface area contributed by atoms with Gasteiger partial charge in [0.25, 0.3) is 0 Å². The number of rotatable bonds is 8. The van der Waals surface area contributed by atoms with Crippen LogP contribution in [0.5, 0.6) is 0 Å². The molecule has 0 spiro atoms. The van der Waals surface area contributed by atoms with Gasteiger partial charge in [-0.1, -0.05) is 6.92 Å². The summed E-state index contributed by atoms with van der Waals surface area (Å²) >= 11 is 2.05. The molecule has 2 aliphatic rings. The molecule has 0 bridgehead atoms. The molecule has 1 heterocycles. The Kier molecular flexibility index (Phi) is 5.80. The molecule has 1 aliphatic heterocycles. The molecule has 0 radical (unpaired) electrons. The lowest BCUT2D eigenvalue weighted by molar-refractivity contribution is 0.0997. The van der Waals surface area contributed by atoms with E-state index >= 15 is 0 Å². The zero-order chi connectivity index (χ0) is 12.8. The molecule has 0 aromatic rings. The number of aliphatic hydroxyl groups excluding tert-OH is 1. The van der Waals surface area contributed by atoms with Crippen molar-refractivity contribution >= 4 is 11.8 Å². The summed E-state index contributed by atoms with van der Waals surface area (Å²) in [5.74, 6) is 1.75. The molecule has 1 unspecified atom stereocenters. The van der Waals surface area contributed by atoms with Crippen molar-refractivity contribution in [3.05, 3.63) is 0 Å². The average Bonchev–Trinajstić information content (AvgIpc) is 3.26. The largest absolute Gasteiger partial charge is 0.394 e. The van der Waals surface area contributed by atoms with Crippen LogP contribution >= 0.6 is 11.8 Å². The molecule has 1 saturated heterocycles. The van der Waals surface area contributed by atoms with Gasteiger partial charge in [0, 0.05) is 24.2 Å². The minimum Gasteiger partial charge on any atom is -0.394 e. The van der Waals surface area contributed by atoms with E-state index in [4.69, 9.17) is 4.74 Å². The third kappa shape index (κ3) is 3.86. The van der Waals surface area contributed by atoms with Crippen molar-refractivity contribution in [2.75, 3.05) is 32.1 Å². The fourth-order valence-electron chi connectivity index (χ4n) is 2.66. The van der Waals surface area contributed by atoms with Gasteiger partial charge in [-0.05, 0) is 44.6 Å². The minimum atomic E-state index is -0.0149. The number of ether oxygens (including phenoxy) is 1. The van der Waals surface area contributed by atoms with E-state index in [-0.39, 0.29) is 12.1 Å². The second kappa shape index (κ2) is 7.13. The van der Waals surface area contributed by atoms with E-state index in [1.165, 1.54) is 25.7 Å². The van der Waals surface area contributed by atoms with Crippen LogP contribution in [0.2, 0.25) is 0 Å². The Morgan fingerprint density at radius 3 is 2.56 bits per heavy atom. The van der Waals surface area contributed by atoms with E-state index in [1.807, 2.05) is 11.8 Å². The quantitative estimate of drug-likeness (QED) is 0.710. The topological polar surface area (TPSA) is 41.5 Å². The molecule has 2 N–H and O–H groups in total. The number of nitrogens with one attached hydrogen (secondary N) is 1. The molecule has 1 aliphatic carbocycles. The second-order valence-electron chi connectivity index (χ2n) is 5.64. The summed E-state index contributed by atoms with van der Waals surface area (Å²) in [6.07, 6.45) is 6.04. The highest BCUT2D eigenvalue weighted by Crippen LogP contribution is 2.42. The molecule has 1 saturated carbocycles. The monoisotopic (exact) mass is 273 g/mol. The van der Waals surface area contributed by atoms with Gasteiger partial charge in [0.1, 0.15) is 0 Å². The first-order valence-electron chi connectivity index (χ1n) is 7.36. The van der Waals surface area contributed by atoms with E-state index in [0.29, 0.717) is 5.92 Å². The molecule has 0 aromatic heterocycles. The van der Waals surface area contributed by atoms with Crippen LogP contribution in [-0.4, -0.2) is 48.0 Å². The van der Waals surface area contributed by atoms with Gasteiger partial charge < -0.3 is 15.2 Å². The summed E-state index contributed by atoms with van der Waals surface area (Å²) < 4.78 is 5.40. The van der Waals surface area contributed by atoms with Crippen molar-refractivity contribution in [1.82, 2.24) is 5.32 Å². The molecule has 2 rings (SSSR count). The van der Waals surface area contributed by atoms with E-state index in [1.54, 1.807) is 0 Å². The van der Waals surface area contributed by atoms with Crippen LogP contribution in [0.3, 0.4) is 0 Å². The predicted molar refractivity (Wildman–Crippen MR) is 77.1 cm³/mol. The van der Waals surface area contributed by atoms with E-state index in [2.05, 4.69) is 12.2 Å². The normalized spacial score (nSPS) is 25.0. The zero-order valence-corrected chi connectivity index (χ0v) is 12.3. The summed E-state index contributed by atoms with van der Waals surface area (Å²) in [6.45, 7) is 5.32. The average molecular weight is 273 g/mol. The number of aliphatic hydroxyl groups is 1. The second-order valence-corrected chi connectivity index (χ2v) is 6.93. The van der Waals surface area contributed by atoms with Crippen molar-refractivity contribution in [3.63, 3.8) is 0 Å². The van der Waals surface area contributed by atoms with Gasteiger partial charge in [-0.25, -0.2) is 0 Å². The van der Waals surface area contributed by atoms with Gasteiger partial charge >= 0.3 is 0 Å². The highest BCUT2D eigenvalue weighted by atomic mass is 32.2. The first-order chi connectivity index (χ1) is 8.80. The summed E-state index contributed by atoms with van der Waals surface area (Å²) in [5.41, 5.74) is -0.0149. The van der Waals surface area contributed by atoms with Crippen molar-refractivity contribution in [2.45, 2.75) is 49.8 Å². The van der Waals surface area contributed by atoms with Crippen molar-refractivity contribution in [2.24, 2.45) is 5.92 Å². The first kappa shape index (κ1) is 14.6. The Morgan fingerprint density at radius 1 is 1.28 bits per heavy atom. The van der Waals surface area contributed by atoms with Crippen LogP contribution in [0, 0.1) is 5.92 Å². The SMILES string of the molecule is CCCNC(CO)(CSC1CCOCC1)C1CC1. The Morgan fingerprint density at radius 2 is 2.00 bits per heavy atom. The number of hydrogen-bond donors (Lipinski definition) is 2. The smallest absolute Gasteiger partial charge is 0.0624 e. The predicted octanol–water partition coefficient (Wildman–Crippen LogP) is 2.04. The molecule has 18 heavy (non-hydrogen) atoms. The third-order valence-corrected chi connectivity index (χ3v) is 5.74. The summed E-state index contributed by atoms with van der Waals surface area (Å²) in [7, 11) is 0. The number of hydrogen-bond acceptors (Lipinski definition) is 4. The molecule has 3 nitrogen and oxygen atoms in total. The van der Waals surface area contributed by atoms with Crippen LogP contribution in [0.1, 0.15) is 39.0 Å². The minimum absolute atomic E-state index is 0.0149. The standard InChI is InChI=1S/C14H27NO2S/c1-2-7-15-14(10-16,12-3-4-12)11-18-13-5-8-17-9-6-13/h12-13,15-16H,2-11H2,1H3. The van der Waals surface area contributed by atoms with E-state index in [9.17, 15) is 5.11 Å². The molecule has 2 fully saturated rings. The van der Waals surface area contributed by atoms with Gasteiger partial charge in [0.2, 0.25) is 0 Å². The maximum Gasteiger partial charge on any atom is 0.0624 e. The summed E-state index contributed by atoms with van der Waals surface area (Å²) in [5, 5.41) is 14.2. The van der Waals surface area contributed by atoms with E-state index in [0.717, 1.165) is 37.2 Å². The lowest BCUT2D eigenvalue weighted by Gasteiger charge is -2.35. The zero-order valence-electron chi connectivity index (χ0n) is 11.5. The number of thioether (sulfide) groups is 1. The molecule has 106 valence electrons. The maximum absolute atomic E-state index is 9.84. The molecule has 0 aromatic carbocycles. The van der Waals surface area contributed by atoms with Crippen LogP contribution in [0.25, 0.3) is 0 Å². The molecule has 0 amide bonds.